The molecule has 8 nitrogen and oxygen atoms in total. The lowest BCUT2D eigenvalue weighted by molar-refractivity contribution is -0.138. The van der Waals surface area contributed by atoms with Gasteiger partial charge in [0, 0.05) is 31.2 Å². The highest BCUT2D eigenvalue weighted by molar-refractivity contribution is 5.39. The van der Waals surface area contributed by atoms with Crippen molar-refractivity contribution < 1.29 is 26.7 Å². The Morgan fingerprint density at radius 1 is 0.915 bits per heavy atom. The third-order valence-electron chi connectivity index (χ3n) is 9.09. The molecule has 4 aromatic rings. The van der Waals surface area contributed by atoms with Crippen molar-refractivity contribution in [3.63, 3.8) is 0 Å². The van der Waals surface area contributed by atoms with Crippen molar-refractivity contribution in [2.24, 2.45) is 5.73 Å². The number of alkyl halides is 3. The largest absolute Gasteiger partial charge is 0.416 e. The molecule has 2 aliphatic heterocycles. The van der Waals surface area contributed by atoms with Crippen molar-refractivity contribution in [1.29, 1.82) is 5.26 Å². The highest BCUT2D eigenvalue weighted by Gasteiger charge is 2.47. The van der Waals surface area contributed by atoms with Crippen molar-refractivity contribution in [3.8, 4) is 6.07 Å². The Hall–Kier alpha value is -4.64. The molecule has 1 aromatic heterocycles. The molecule has 1 saturated heterocycles. The molecule has 3 heterocycles. The molecule has 1 spiro atoms. The normalized spacial score (nSPS) is 16.6. The fourth-order valence-electron chi connectivity index (χ4n) is 6.63. The summed E-state index contributed by atoms with van der Waals surface area (Å²) in [7, 11) is 0. The lowest BCUT2D eigenvalue weighted by Gasteiger charge is -2.39. The molecule has 1 atom stereocenters. The molecule has 244 valence electrons. The Labute approximate surface area is 266 Å². The van der Waals surface area contributed by atoms with E-state index in [0.29, 0.717) is 24.2 Å². The first kappa shape index (κ1) is 32.3. The molecule has 0 bridgehead atoms. The van der Waals surface area contributed by atoms with Gasteiger partial charge in [-0.1, -0.05) is 48.5 Å². The second-order valence-electron chi connectivity index (χ2n) is 11.8. The van der Waals surface area contributed by atoms with E-state index in [2.05, 4.69) is 0 Å². The average Bonchev–Trinajstić information content (AvgIpc) is 3.41. The first-order valence-electron chi connectivity index (χ1n) is 15.0. The molecule has 1 unspecified atom stereocenters. The number of likely N-dealkylation sites (tertiary alicyclic amines) is 1. The number of ether oxygens (including phenoxy) is 1. The molecule has 0 saturated carbocycles. The van der Waals surface area contributed by atoms with Crippen molar-refractivity contribution in [2.45, 2.75) is 56.9 Å². The topological polar surface area (TPSA) is 106 Å². The number of piperidine rings is 1. The molecule has 2 N–H and O–H groups in total. The van der Waals surface area contributed by atoms with Crippen LogP contribution in [0.2, 0.25) is 0 Å². The minimum atomic E-state index is -4.90. The Morgan fingerprint density at radius 2 is 1.60 bits per heavy atom. The predicted octanol–water partition coefficient (Wildman–Crippen LogP) is 4.95. The summed E-state index contributed by atoms with van der Waals surface area (Å²) in [6, 6.07) is 16.8. The SMILES string of the molecule is N#Cc1c(F)cccc1CN1CCC2(CC1)OCc1c2c(=O)n(CC(N)c2ccccc2)c(=O)n1Cc1c(F)cccc1C(F)(F)F. The lowest BCUT2D eigenvalue weighted by Crippen LogP contribution is -2.49. The second-order valence-corrected chi connectivity index (χ2v) is 11.8. The van der Waals surface area contributed by atoms with E-state index in [9.17, 15) is 32.4 Å². The van der Waals surface area contributed by atoms with Gasteiger partial charge in [0.1, 0.15) is 23.3 Å². The highest BCUT2D eigenvalue weighted by atomic mass is 19.4. The molecule has 0 amide bonds. The van der Waals surface area contributed by atoms with Crippen molar-refractivity contribution in [3.05, 3.63) is 138 Å². The average molecular weight is 652 g/mol. The number of nitrogens with two attached hydrogens (primary N) is 1. The number of nitriles is 1. The molecule has 0 aliphatic carbocycles. The molecular formula is C34H30F5N5O3. The number of rotatable bonds is 7. The van der Waals surface area contributed by atoms with E-state index < -0.39 is 58.4 Å². The molecule has 2 aliphatic rings. The van der Waals surface area contributed by atoms with Gasteiger partial charge in [0.05, 0.1) is 42.1 Å². The maximum Gasteiger partial charge on any atom is 0.416 e. The van der Waals surface area contributed by atoms with E-state index in [-0.39, 0.29) is 49.4 Å². The standard InChI is InChI=1S/C34H30F5N5O3/c35-26-10-4-8-22(23(26)16-40)17-42-14-12-33(13-15-42)30-29(20-47-33)43(18-24-25(34(37,38)39)9-5-11-27(24)36)32(46)44(31(30)45)19-28(41)21-6-2-1-3-7-21/h1-11,28H,12-15,17-20,41H2. The fraction of sp³-hybridized carbons (Fsp3) is 0.324. The monoisotopic (exact) mass is 651 g/mol. The maximum atomic E-state index is 15.0. The van der Waals surface area contributed by atoms with E-state index in [4.69, 9.17) is 10.5 Å². The number of halogens is 5. The van der Waals surface area contributed by atoms with Crippen LogP contribution in [-0.2, 0) is 42.8 Å². The van der Waals surface area contributed by atoms with Gasteiger partial charge in [-0.05, 0) is 42.2 Å². The lowest BCUT2D eigenvalue weighted by atomic mass is 9.85. The van der Waals surface area contributed by atoms with Gasteiger partial charge in [-0.15, -0.1) is 0 Å². The van der Waals surface area contributed by atoms with Crippen LogP contribution in [-0.4, -0.2) is 27.1 Å². The summed E-state index contributed by atoms with van der Waals surface area (Å²) in [6.45, 7) is -0.304. The summed E-state index contributed by atoms with van der Waals surface area (Å²) in [5, 5.41) is 9.44. The molecule has 0 radical (unpaired) electrons. The van der Waals surface area contributed by atoms with Crippen LogP contribution in [0, 0.1) is 23.0 Å². The van der Waals surface area contributed by atoms with E-state index in [0.717, 1.165) is 27.3 Å². The minimum Gasteiger partial charge on any atom is -0.364 e. The molecule has 6 rings (SSSR count). The van der Waals surface area contributed by atoms with Crippen LogP contribution >= 0.6 is 0 Å². The summed E-state index contributed by atoms with van der Waals surface area (Å²) in [5.74, 6) is -1.77. The number of hydrogen-bond donors (Lipinski definition) is 1. The first-order chi connectivity index (χ1) is 22.4. The molecule has 1 fully saturated rings. The van der Waals surface area contributed by atoms with Gasteiger partial charge in [0.2, 0.25) is 0 Å². The quantitative estimate of drug-likeness (QED) is 0.284. The summed E-state index contributed by atoms with van der Waals surface area (Å²) < 4.78 is 79.3. The van der Waals surface area contributed by atoms with Crippen molar-refractivity contribution >= 4 is 0 Å². The van der Waals surface area contributed by atoms with Gasteiger partial charge in [-0.25, -0.2) is 13.6 Å². The van der Waals surface area contributed by atoms with Gasteiger partial charge in [0.25, 0.3) is 5.56 Å². The number of hydrogen-bond acceptors (Lipinski definition) is 6. The Morgan fingerprint density at radius 3 is 2.28 bits per heavy atom. The summed E-state index contributed by atoms with van der Waals surface area (Å²) in [5.41, 5.74) is 2.98. The molecule has 47 heavy (non-hydrogen) atoms. The van der Waals surface area contributed by atoms with Gasteiger partial charge in [-0.3, -0.25) is 18.8 Å². The third-order valence-corrected chi connectivity index (χ3v) is 9.09. The fourth-order valence-corrected chi connectivity index (χ4v) is 6.63. The van der Waals surface area contributed by atoms with Crippen LogP contribution in [0.25, 0.3) is 0 Å². The first-order valence-corrected chi connectivity index (χ1v) is 15.0. The Balaban J connectivity index is 1.41. The van der Waals surface area contributed by atoms with E-state index in [1.807, 2.05) is 11.0 Å². The maximum absolute atomic E-state index is 15.0. The molecule has 3 aromatic carbocycles. The van der Waals surface area contributed by atoms with Crippen LogP contribution in [0.3, 0.4) is 0 Å². The zero-order chi connectivity index (χ0) is 33.5. The number of benzene rings is 3. The zero-order valence-corrected chi connectivity index (χ0v) is 25.1. The number of nitrogens with zero attached hydrogens (tertiary/aromatic N) is 4. The van der Waals surface area contributed by atoms with Crippen LogP contribution in [0.4, 0.5) is 22.0 Å². The van der Waals surface area contributed by atoms with Crippen LogP contribution in [0.1, 0.15) is 58.0 Å². The minimum absolute atomic E-state index is 0.0525. The predicted molar refractivity (Wildman–Crippen MR) is 161 cm³/mol. The van der Waals surface area contributed by atoms with E-state index >= 15 is 4.39 Å². The Bertz CT molecular complexity index is 1980. The highest BCUT2D eigenvalue weighted by Crippen LogP contribution is 2.43. The number of fused-ring (bicyclic) bond motifs is 2. The molecular weight excluding hydrogens is 621 g/mol. The second kappa shape index (κ2) is 12.5. The van der Waals surface area contributed by atoms with E-state index in [1.54, 1.807) is 36.4 Å². The zero-order valence-electron chi connectivity index (χ0n) is 25.1. The van der Waals surface area contributed by atoms with Gasteiger partial charge >= 0.3 is 11.9 Å². The number of aromatic nitrogens is 2. The summed E-state index contributed by atoms with van der Waals surface area (Å²) in [4.78, 5) is 30.1. The van der Waals surface area contributed by atoms with Crippen LogP contribution in [0.5, 0.6) is 0 Å². The third kappa shape index (κ3) is 6.00. The summed E-state index contributed by atoms with van der Waals surface area (Å²) >= 11 is 0. The van der Waals surface area contributed by atoms with Crippen LogP contribution in [0.15, 0.2) is 76.3 Å². The smallest absolute Gasteiger partial charge is 0.364 e. The van der Waals surface area contributed by atoms with Gasteiger partial charge < -0.3 is 10.5 Å². The van der Waals surface area contributed by atoms with E-state index in [1.165, 1.54) is 12.1 Å². The van der Waals surface area contributed by atoms with Crippen LogP contribution < -0.4 is 17.0 Å². The summed E-state index contributed by atoms with van der Waals surface area (Å²) in [6.07, 6.45) is -4.36. The van der Waals surface area contributed by atoms with Gasteiger partial charge in [-0.2, -0.15) is 18.4 Å². The van der Waals surface area contributed by atoms with Crippen molar-refractivity contribution in [1.82, 2.24) is 14.0 Å². The Kier molecular flexibility index (Phi) is 8.61. The molecule has 13 heteroatoms. The van der Waals surface area contributed by atoms with Gasteiger partial charge in [0.15, 0.2) is 0 Å². The van der Waals surface area contributed by atoms with Crippen molar-refractivity contribution in [2.75, 3.05) is 13.1 Å².